The topological polar surface area (TPSA) is 219 Å². The number of carboxylic acids is 3. The number of halogens is 9. The summed E-state index contributed by atoms with van der Waals surface area (Å²) in [5.74, 6) is -7.44. The molecule has 0 radical (unpaired) electrons. The van der Waals surface area contributed by atoms with E-state index in [1.165, 1.54) is 0 Å². The Morgan fingerprint density at radius 2 is 1.33 bits per heavy atom. The minimum atomic E-state index is -5.08. The second-order valence-corrected chi connectivity index (χ2v) is 10.9. The van der Waals surface area contributed by atoms with Crippen LogP contribution in [0.2, 0.25) is 0 Å². The number of oxazole rings is 1. The number of benzene rings is 2. The smallest absolute Gasteiger partial charge is 0.475 e. The maximum Gasteiger partial charge on any atom is 0.490 e. The molecule has 3 aromatic heterocycles. The van der Waals surface area contributed by atoms with Crippen molar-refractivity contribution in [1.82, 2.24) is 25.1 Å². The zero-order chi connectivity index (χ0) is 41.1. The van der Waals surface area contributed by atoms with Crippen LogP contribution in [0.25, 0.3) is 33.7 Å². The number of fused-ring (bicyclic) bond motifs is 1. The van der Waals surface area contributed by atoms with Crippen molar-refractivity contribution in [3.05, 3.63) is 73.2 Å². The van der Waals surface area contributed by atoms with Crippen molar-refractivity contribution in [3.8, 4) is 22.6 Å². The molecule has 23 heteroatoms. The third-order valence-corrected chi connectivity index (χ3v) is 6.94. The molecule has 2 aromatic carbocycles. The number of hydrogen-bond donors (Lipinski definition) is 6. The Balaban J connectivity index is 0.000000318. The first-order chi connectivity index (χ1) is 25.6. The molecule has 1 aliphatic rings. The van der Waals surface area contributed by atoms with Crippen molar-refractivity contribution in [1.29, 1.82) is 0 Å². The van der Waals surface area contributed by atoms with Gasteiger partial charge in [0.1, 0.15) is 11.3 Å². The van der Waals surface area contributed by atoms with E-state index in [0.717, 1.165) is 53.9 Å². The molecule has 0 atom stereocenters. The number of rotatable bonds is 5. The van der Waals surface area contributed by atoms with Gasteiger partial charge >= 0.3 is 36.4 Å². The summed E-state index contributed by atoms with van der Waals surface area (Å²) in [5, 5.41) is 32.8. The highest BCUT2D eigenvalue weighted by molar-refractivity contribution is 5.84. The van der Waals surface area contributed by atoms with E-state index in [-0.39, 0.29) is 0 Å². The maximum atomic E-state index is 10.6. The first-order valence-electron chi connectivity index (χ1n) is 15.2. The quantitative estimate of drug-likeness (QED) is 0.0999. The Morgan fingerprint density at radius 1 is 0.782 bits per heavy atom. The summed E-state index contributed by atoms with van der Waals surface area (Å²) in [6.07, 6.45) is -7.35. The van der Waals surface area contributed by atoms with Crippen LogP contribution in [-0.4, -0.2) is 84.6 Å². The molecule has 0 saturated carbocycles. The number of pyridine rings is 1. The molecule has 0 unspecified atom stereocenters. The highest BCUT2D eigenvalue weighted by Crippen LogP contribution is 2.33. The van der Waals surface area contributed by atoms with Crippen LogP contribution < -0.4 is 16.4 Å². The third kappa shape index (κ3) is 13.2. The van der Waals surface area contributed by atoms with Crippen LogP contribution in [0.15, 0.2) is 77.6 Å². The van der Waals surface area contributed by atoms with E-state index in [1.807, 2.05) is 60.8 Å². The SMILES string of the molecule is Nc1ncc(-c2cnn(C3CCNCC3)c2)cc1-c1nc2cc(Nc3ccccc3)ccc2o1.O=C(O)C(F)(F)F.O=C(O)C(F)(F)F.O=C(O)C(F)(F)F. The summed E-state index contributed by atoms with van der Waals surface area (Å²) in [5.41, 5.74) is 12.2. The van der Waals surface area contributed by atoms with Gasteiger partial charge in [0.05, 0.1) is 17.8 Å². The molecular weight excluding hydrogens is 765 g/mol. The van der Waals surface area contributed by atoms with Gasteiger partial charge in [-0.1, -0.05) is 18.2 Å². The fourth-order valence-corrected chi connectivity index (χ4v) is 4.37. The molecule has 0 amide bonds. The predicted molar refractivity (Wildman–Crippen MR) is 175 cm³/mol. The lowest BCUT2D eigenvalue weighted by Crippen LogP contribution is -2.29. The van der Waals surface area contributed by atoms with Gasteiger partial charge in [0.2, 0.25) is 5.89 Å². The standard InChI is InChI=1S/C26H25N7O.3C2HF3O2/c27-25-22(12-17(14-29-25)18-15-30-33(16-18)21-8-10-28-11-9-21)26-32-23-13-20(6-7-24(23)34-26)31-19-4-2-1-3-5-19;3*3-2(4,5)1(6)7/h1-7,12-16,21,28,31H,8-11H2,(H2,27,29);3*(H,6,7). The number of hydrogen-bond acceptors (Lipinski definition) is 10. The molecule has 5 aromatic rings. The minimum absolute atomic E-state index is 0.378. The van der Waals surface area contributed by atoms with E-state index >= 15 is 0 Å². The number of aromatic nitrogens is 4. The monoisotopic (exact) mass is 793 g/mol. The largest absolute Gasteiger partial charge is 0.490 e. The zero-order valence-electron chi connectivity index (χ0n) is 27.6. The van der Waals surface area contributed by atoms with Crippen molar-refractivity contribution in [2.75, 3.05) is 24.1 Å². The molecule has 14 nitrogen and oxygen atoms in total. The first-order valence-corrected chi connectivity index (χ1v) is 15.2. The van der Waals surface area contributed by atoms with Gasteiger partial charge in [-0.3, -0.25) is 4.68 Å². The minimum Gasteiger partial charge on any atom is -0.475 e. The van der Waals surface area contributed by atoms with Gasteiger partial charge in [0.15, 0.2) is 5.58 Å². The Morgan fingerprint density at radius 3 is 1.85 bits per heavy atom. The highest BCUT2D eigenvalue weighted by atomic mass is 19.4. The number of aliphatic carboxylic acids is 3. The van der Waals surface area contributed by atoms with Crippen molar-refractivity contribution in [2.45, 2.75) is 37.4 Å². The lowest BCUT2D eigenvalue weighted by molar-refractivity contribution is -0.193. The van der Waals surface area contributed by atoms with Crippen LogP contribution in [0.5, 0.6) is 0 Å². The average Bonchev–Trinajstić information content (AvgIpc) is 3.77. The number of nitrogens with two attached hydrogens (primary N) is 1. The van der Waals surface area contributed by atoms with Gasteiger partial charge in [0, 0.05) is 34.9 Å². The Bertz CT molecular complexity index is 2000. The summed E-state index contributed by atoms with van der Waals surface area (Å²) in [6, 6.07) is 18.3. The molecule has 0 spiro atoms. The fraction of sp³-hybridized carbons (Fsp3) is 0.250. The van der Waals surface area contributed by atoms with Gasteiger partial charge in [-0.2, -0.15) is 44.6 Å². The van der Waals surface area contributed by atoms with Gasteiger partial charge in [-0.15, -0.1) is 0 Å². The molecule has 55 heavy (non-hydrogen) atoms. The third-order valence-electron chi connectivity index (χ3n) is 6.94. The number of carboxylic acid groups (broad SMARTS) is 3. The molecule has 7 N–H and O–H groups in total. The van der Waals surface area contributed by atoms with Crippen LogP contribution in [0.3, 0.4) is 0 Å². The van der Waals surface area contributed by atoms with E-state index in [9.17, 15) is 39.5 Å². The lowest BCUT2D eigenvalue weighted by Gasteiger charge is -2.22. The number of nitrogen functional groups attached to an aromatic ring is 1. The number of carbonyl (C=O) groups is 3. The molecule has 1 fully saturated rings. The Hall–Kier alpha value is -6.39. The summed E-state index contributed by atoms with van der Waals surface area (Å²) in [6.45, 7) is 2.04. The Labute approximate surface area is 302 Å². The number of anilines is 3. The van der Waals surface area contributed by atoms with Gasteiger partial charge in [-0.05, 0) is 62.3 Å². The normalized spacial score (nSPS) is 13.3. The molecule has 4 heterocycles. The number of nitrogens with zero attached hydrogens (tertiary/aromatic N) is 4. The fourth-order valence-electron chi connectivity index (χ4n) is 4.37. The second-order valence-electron chi connectivity index (χ2n) is 10.9. The van der Waals surface area contributed by atoms with Crippen molar-refractivity contribution < 1.29 is 73.6 Å². The van der Waals surface area contributed by atoms with Gasteiger partial charge in [-0.25, -0.2) is 24.4 Å². The molecule has 296 valence electrons. The van der Waals surface area contributed by atoms with Crippen molar-refractivity contribution in [2.24, 2.45) is 0 Å². The summed E-state index contributed by atoms with van der Waals surface area (Å²) < 4.78 is 103. The second kappa shape index (κ2) is 18.1. The average molecular weight is 794 g/mol. The molecule has 1 saturated heterocycles. The molecule has 0 aliphatic carbocycles. The van der Waals surface area contributed by atoms with Gasteiger partial charge < -0.3 is 36.1 Å². The van der Waals surface area contributed by atoms with Crippen molar-refractivity contribution in [3.63, 3.8) is 0 Å². The summed E-state index contributed by atoms with van der Waals surface area (Å²) in [7, 11) is 0. The lowest BCUT2D eigenvalue weighted by atomic mass is 10.1. The molecule has 6 rings (SSSR count). The summed E-state index contributed by atoms with van der Waals surface area (Å²) in [4.78, 5) is 35.8. The first kappa shape index (κ1) is 43.0. The molecule has 1 aliphatic heterocycles. The van der Waals surface area contributed by atoms with E-state index in [0.29, 0.717) is 28.9 Å². The van der Waals surface area contributed by atoms with E-state index in [4.69, 9.17) is 44.8 Å². The summed E-state index contributed by atoms with van der Waals surface area (Å²) >= 11 is 0. The van der Waals surface area contributed by atoms with Crippen LogP contribution in [-0.2, 0) is 14.4 Å². The van der Waals surface area contributed by atoms with Crippen LogP contribution in [0.4, 0.5) is 56.7 Å². The van der Waals surface area contributed by atoms with Crippen LogP contribution in [0.1, 0.15) is 18.9 Å². The molecule has 0 bridgehead atoms. The van der Waals surface area contributed by atoms with Crippen LogP contribution >= 0.6 is 0 Å². The Kier molecular flexibility index (Phi) is 14.2. The number of piperidine rings is 1. The van der Waals surface area contributed by atoms with E-state index in [1.54, 1.807) is 6.20 Å². The van der Waals surface area contributed by atoms with E-state index in [2.05, 4.69) is 31.6 Å². The highest BCUT2D eigenvalue weighted by Gasteiger charge is 2.39. The number of para-hydroxylation sites is 1. The maximum absolute atomic E-state index is 10.6. The zero-order valence-corrected chi connectivity index (χ0v) is 27.6. The number of nitrogens with one attached hydrogen (secondary N) is 2. The molecular formula is C32H28F9N7O7. The van der Waals surface area contributed by atoms with Crippen molar-refractivity contribution >= 4 is 46.2 Å². The number of alkyl halides is 9. The van der Waals surface area contributed by atoms with E-state index < -0.39 is 36.4 Å². The van der Waals surface area contributed by atoms with Gasteiger partial charge in [0.25, 0.3) is 0 Å². The predicted octanol–water partition coefficient (Wildman–Crippen LogP) is 6.90. The van der Waals surface area contributed by atoms with Crippen LogP contribution in [0, 0.1) is 0 Å².